The van der Waals surface area contributed by atoms with Crippen LogP contribution in [0.2, 0.25) is 10.0 Å². The van der Waals surface area contributed by atoms with Crippen LogP contribution >= 0.6 is 23.2 Å². The van der Waals surface area contributed by atoms with Crippen molar-refractivity contribution in [2.24, 2.45) is 0 Å². The fourth-order valence-corrected chi connectivity index (χ4v) is 3.43. The number of likely N-dealkylation sites (N-methyl/N-ethyl adjacent to an activating group) is 1. The Morgan fingerprint density at radius 1 is 1.17 bits per heavy atom. The minimum Gasteiger partial charge on any atom is -0.508 e. The van der Waals surface area contributed by atoms with E-state index in [1.54, 1.807) is 12.1 Å². The summed E-state index contributed by atoms with van der Waals surface area (Å²) in [6.45, 7) is 2.01. The lowest BCUT2D eigenvalue weighted by molar-refractivity contribution is -0.159. The third-order valence-corrected chi connectivity index (χ3v) is 5.09. The van der Waals surface area contributed by atoms with Crippen molar-refractivity contribution < 1.29 is 27.8 Å². The molecule has 0 atom stereocenters. The van der Waals surface area contributed by atoms with Crippen LogP contribution in [0.1, 0.15) is 36.5 Å². The number of amides is 1. The van der Waals surface area contributed by atoms with Gasteiger partial charge in [0.15, 0.2) is 6.61 Å². The van der Waals surface area contributed by atoms with Crippen molar-refractivity contribution in [2.75, 3.05) is 20.2 Å². The summed E-state index contributed by atoms with van der Waals surface area (Å²) in [5.74, 6) is -0.292. The van der Waals surface area contributed by atoms with Crippen molar-refractivity contribution in [3.05, 3.63) is 57.1 Å². The topological polar surface area (TPSA) is 49.8 Å². The molecule has 0 aromatic heterocycles. The second kappa shape index (κ2) is 9.79. The zero-order chi connectivity index (χ0) is 22.6. The van der Waals surface area contributed by atoms with E-state index in [4.69, 9.17) is 27.9 Å². The Hall–Kier alpha value is -2.12. The molecule has 2 aromatic rings. The average Bonchev–Trinajstić information content (AvgIpc) is 2.62. The molecule has 0 bridgehead atoms. The molecule has 1 N–H and O–H groups in total. The summed E-state index contributed by atoms with van der Waals surface area (Å²) in [4.78, 5) is 12.3. The number of hydrogen-bond acceptors (Lipinski definition) is 3. The minimum absolute atomic E-state index is 0.139. The molecule has 0 saturated carbocycles. The van der Waals surface area contributed by atoms with E-state index in [2.05, 4.69) is 0 Å². The van der Waals surface area contributed by atoms with Gasteiger partial charge in [-0.1, -0.05) is 49.2 Å². The van der Waals surface area contributed by atoms with Crippen LogP contribution in [-0.4, -0.2) is 42.3 Å². The summed E-state index contributed by atoms with van der Waals surface area (Å²) in [7, 11) is 1.05. The highest BCUT2D eigenvalue weighted by Gasteiger charge is 2.31. The number of benzene rings is 2. The summed E-state index contributed by atoms with van der Waals surface area (Å²) >= 11 is 12.7. The van der Waals surface area contributed by atoms with Crippen LogP contribution in [0.25, 0.3) is 0 Å². The first kappa shape index (κ1) is 24.2. The minimum atomic E-state index is -4.48. The quantitative estimate of drug-likeness (QED) is 0.563. The summed E-state index contributed by atoms with van der Waals surface area (Å²) < 4.78 is 42.4. The third kappa shape index (κ3) is 6.71. The molecule has 0 heterocycles. The molecular formula is C21H22Cl2F3NO3. The number of hydrogen-bond donors (Lipinski definition) is 1. The molecule has 0 fully saturated rings. The van der Waals surface area contributed by atoms with E-state index in [0.717, 1.165) is 18.2 Å². The van der Waals surface area contributed by atoms with Gasteiger partial charge in [0.25, 0.3) is 5.91 Å². The lowest BCUT2D eigenvalue weighted by atomic mass is 9.96. The van der Waals surface area contributed by atoms with Crippen LogP contribution in [0.15, 0.2) is 30.3 Å². The highest BCUT2D eigenvalue weighted by Crippen LogP contribution is 2.34. The third-order valence-electron chi connectivity index (χ3n) is 4.41. The lowest BCUT2D eigenvalue weighted by Crippen LogP contribution is -2.38. The van der Waals surface area contributed by atoms with E-state index in [1.807, 2.05) is 19.9 Å². The van der Waals surface area contributed by atoms with Gasteiger partial charge in [0.2, 0.25) is 0 Å². The Morgan fingerprint density at radius 2 is 1.77 bits per heavy atom. The van der Waals surface area contributed by atoms with Crippen LogP contribution in [0.3, 0.4) is 0 Å². The Kier molecular flexibility index (Phi) is 7.88. The number of alkyl halides is 3. The first-order valence-corrected chi connectivity index (χ1v) is 9.86. The van der Waals surface area contributed by atoms with Gasteiger partial charge < -0.3 is 14.7 Å². The zero-order valence-corrected chi connectivity index (χ0v) is 18.2. The van der Waals surface area contributed by atoms with Crippen LogP contribution < -0.4 is 4.74 Å². The standard InChI is InChI=1S/C21H22Cl2F3NO3/c1-12(2)15-6-13(4-5-19(15)28)7-16-17(22)8-14(9-18(16)23)30-10-20(29)27(3)11-21(24,25)26/h4-6,8-9,12,28H,7,10-11H2,1-3H3. The summed E-state index contributed by atoms with van der Waals surface area (Å²) in [5.41, 5.74) is 2.34. The van der Waals surface area contributed by atoms with E-state index in [1.165, 1.54) is 12.1 Å². The van der Waals surface area contributed by atoms with Gasteiger partial charge in [0.05, 0.1) is 0 Å². The second-order valence-electron chi connectivity index (χ2n) is 7.24. The van der Waals surface area contributed by atoms with Gasteiger partial charge >= 0.3 is 6.18 Å². The highest BCUT2D eigenvalue weighted by molar-refractivity contribution is 6.36. The molecule has 2 aromatic carbocycles. The molecule has 0 aliphatic heterocycles. The molecule has 4 nitrogen and oxygen atoms in total. The predicted molar refractivity (Wildman–Crippen MR) is 111 cm³/mol. The molecule has 2 rings (SSSR count). The number of aromatic hydroxyl groups is 1. The largest absolute Gasteiger partial charge is 0.508 e. The summed E-state index contributed by atoms with van der Waals surface area (Å²) in [6, 6.07) is 8.19. The number of halogens is 5. The van der Waals surface area contributed by atoms with E-state index < -0.39 is 25.2 Å². The molecule has 164 valence electrons. The van der Waals surface area contributed by atoms with E-state index in [-0.39, 0.29) is 17.4 Å². The normalized spacial score (nSPS) is 11.6. The second-order valence-corrected chi connectivity index (χ2v) is 8.06. The predicted octanol–water partition coefficient (Wildman–Crippen LogP) is 5.81. The Morgan fingerprint density at radius 3 is 2.30 bits per heavy atom. The van der Waals surface area contributed by atoms with Gasteiger partial charge in [-0.25, -0.2) is 0 Å². The number of phenolic OH excluding ortho intramolecular Hbond substituents is 1. The number of phenols is 1. The number of nitrogens with zero attached hydrogens (tertiary/aromatic N) is 1. The molecule has 1 amide bonds. The van der Waals surface area contributed by atoms with Crippen molar-refractivity contribution in [3.8, 4) is 11.5 Å². The van der Waals surface area contributed by atoms with Crippen LogP contribution in [0.4, 0.5) is 13.2 Å². The SMILES string of the molecule is CC(C)c1cc(Cc2c(Cl)cc(OCC(=O)N(C)CC(F)(F)F)cc2Cl)ccc1O. The fraction of sp³-hybridized carbons (Fsp3) is 0.381. The Labute approximate surface area is 183 Å². The van der Waals surface area contributed by atoms with Gasteiger partial charge in [-0.15, -0.1) is 0 Å². The molecule has 30 heavy (non-hydrogen) atoms. The number of carbonyl (C=O) groups is 1. The van der Waals surface area contributed by atoms with E-state index >= 15 is 0 Å². The maximum absolute atomic E-state index is 12.4. The number of carbonyl (C=O) groups excluding carboxylic acids is 1. The fourth-order valence-electron chi connectivity index (χ4n) is 2.82. The highest BCUT2D eigenvalue weighted by atomic mass is 35.5. The maximum Gasteiger partial charge on any atom is 0.406 e. The molecule has 0 radical (unpaired) electrons. The molecular weight excluding hydrogens is 442 g/mol. The van der Waals surface area contributed by atoms with Crippen LogP contribution in [0, 0.1) is 0 Å². The van der Waals surface area contributed by atoms with E-state index in [0.29, 0.717) is 26.9 Å². The summed E-state index contributed by atoms with van der Waals surface area (Å²) in [6.07, 6.45) is -4.08. The van der Waals surface area contributed by atoms with Gasteiger partial charge in [0.1, 0.15) is 18.0 Å². The first-order valence-electron chi connectivity index (χ1n) is 9.10. The number of rotatable bonds is 7. The average molecular weight is 464 g/mol. The molecule has 0 saturated heterocycles. The van der Waals surface area contributed by atoms with Gasteiger partial charge in [-0.05, 0) is 40.8 Å². The molecule has 0 aliphatic rings. The van der Waals surface area contributed by atoms with Crippen molar-refractivity contribution in [2.45, 2.75) is 32.4 Å². The van der Waals surface area contributed by atoms with Crippen LogP contribution in [0.5, 0.6) is 11.5 Å². The Bertz CT molecular complexity index is 894. The van der Waals surface area contributed by atoms with Gasteiger partial charge in [0, 0.05) is 23.5 Å². The van der Waals surface area contributed by atoms with Crippen molar-refractivity contribution in [1.29, 1.82) is 0 Å². The molecule has 9 heteroatoms. The Balaban J connectivity index is 2.11. The van der Waals surface area contributed by atoms with Gasteiger partial charge in [-0.2, -0.15) is 13.2 Å². The monoisotopic (exact) mass is 463 g/mol. The zero-order valence-electron chi connectivity index (χ0n) is 16.7. The van der Waals surface area contributed by atoms with Gasteiger partial charge in [-0.3, -0.25) is 4.79 Å². The molecule has 0 aliphatic carbocycles. The van der Waals surface area contributed by atoms with Crippen LogP contribution in [-0.2, 0) is 11.2 Å². The first-order chi connectivity index (χ1) is 13.9. The smallest absolute Gasteiger partial charge is 0.406 e. The molecule has 0 unspecified atom stereocenters. The number of ether oxygens (including phenoxy) is 1. The van der Waals surface area contributed by atoms with E-state index in [9.17, 15) is 23.1 Å². The summed E-state index contributed by atoms with van der Waals surface area (Å²) in [5, 5.41) is 10.6. The van der Waals surface area contributed by atoms with Crippen molar-refractivity contribution in [1.82, 2.24) is 4.90 Å². The maximum atomic E-state index is 12.4. The molecule has 0 spiro atoms. The van der Waals surface area contributed by atoms with Crippen molar-refractivity contribution >= 4 is 29.1 Å². The lowest BCUT2D eigenvalue weighted by Gasteiger charge is -2.19. The van der Waals surface area contributed by atoms with Crippen molar-refractivity contribution in [3.63, 3.8) is 0 Å².